The maximum atomic E-state index is 13.6. The van der Waals surface area contributed by atoms with Crippen molar-refractivity contribution < 1.29 is 14.3 Å². The summed E-state index contributed by atoms with van der Waals surface area (Å²) in [4.78, 5) is 26.1. The van der Waals surface area contributed by atoms with Gasteiger partial charge in [0.05, 0.1) is 25.0 Å². The number of aliphatic hydroxyl groups excluding tert-OH is 1. The van der Waals surface area contributed by atoms with E-state index in [1.165, 1.54) is 0 Å². The summed E-state index contributed by atoms with van der Waals surface area (Å²) in [6.07, 6.45) is 3.85. The first-order chi connectivity index (χ1) is 16.2. The number of amides is 2. The van der Waals surface area contributed by atoms with Crippen LogP contribution in [0.2, 0.25) is 0 Å². The molecule has 0 fully saturated rings. The molecule has 0 bridgehead atoms. The molecule has 2 aromatic carbocycles. The minimum atomic E-state index is -0.204. The normalized spacial score (nSPS) is 13.2. The van der Waals surface area contributed by atoms with Gasteiger partial charge < -0.3 is 19.7 Å². The molecule has 0 aliphatic carbocycles. The summed E-state index contributed by atoms with van der Waals surface area (Å²) in [5.41, 5.74) is 3.30. The van der Waals surface area contributed by atoms with E-state index >= 15 is 0 Å². The molecule has 2 aromatic heterocycles. The molecule has 2 amide bonds. The van der Waals surface area contributed by atoms with Crippen LogP contribution in [0.3, 0.4) is 0 Å². The summed E-state index contributed by atoms with van der Waals surface area (Å²) >= 11 is 0. The molecular formula is C25H23N5O3. The monoisotopic (exact) mass is 441 g/mol. The van der Waals surface area contributed by atoms with Crippen LogP contribution in [-0.4, -0.2) is 32.6 Å². The highest BCUT2D eigenvalue weighted by atomic mass is 16.3. The molecule has 0 radical (unpaired) electrons. The number of aromatic nitrogens is 2. The predicted octanol–water partition coefficient (Wildman–Crippen LogP) is 4.62. The zero-order chi connectivity index (χ0) is 22.6. The van der Waals surface area contributed by atoms with Gasteiger partial charge in [0.25, 0.3) is 0 Å². The quantitative estimate of drug-likeness (QED) is 0.435. The first kappa shape index (κ1) is 20.7. The van der Waals surface area contributed by atoms with Gasteiger partial charge in [-0.2, -0.15) is 4.98 Å². The molecule has 0 unspecified atom stereocenters. The van der Waals surface area contributed by atoms with Crippen LogP contribution in [0.15, 0.2) is 83.6 Å². The average Bonchev–Trinajstić information content (AvgIpc) is 3.34. The van der Waals surface area contributed by atoms with Crippen LogP contribution in [0.4, 0.5) is 27.9 Å². The van der Waals surface area contributed by atoms with Crippen molar-refractivity contribution in [1.82, 2.24) is 14.9 Å². The fourth-order valence-corrected chi connectivity index (χ4v) is 3.85. The first-order valence-corrected chi connectivity index (χ1v) is 10.7. The summed E-state index contributed by atoms with van der Waals surface area (Å²) in [6, 6.07) is 20.7. The van der Waals surface area contributed by atoms with Gasteiger partial charge in [0.15, 0.2) is 5.82 Å². The third kappa shape index (κ3) is 4.42. The van der Waals surface area contributed by atoms with Crippen molar-refractivity contribution in [1.29, 1.82) is 0 Å². The number of nitrogens with one attached hydrogen (secondary N) is 1. The summed E-state index contributed by atoms with van der Waals surface area (Å²) in [5.74, 6) is 1.64. The summed E-state index contributed by atoms with van der Waals surface area (Å²) in [6.45, 7) is 0.737. The van der Waals surface area contributed by atoms with Gasteiger partial charge in [-0.05, 0) is 48.4 Å². The standard InChI is InChI=1S/C25H23N5O3/c31-12-11-18-6-4-9-21(14-18)30-23-19(16-29(25(30)32)17-22-10-5-13-33-22)15-26-24(28-23)27-20-7-2-1-3-8-20/h1-10,13-15,31H,11-12,16-17H2,(H,26,27,28). The lowest BCUT2D eigenvalue weighted by Crippen LogP contribution is -2.44. The molecule has 0 saturated heterocycles. The second-order valence-corrected chi connectivity index (χ2v) is 7.73. The SMILES string of the molecule is O=C1N(Cc2ccco2)Cc2cnc(Nc3ccccc3)nc2N1c1cccc(CCO)c1. The fraction of sp³-hybridized carbons (Fsp3) is 0.160. The van der Waals surface area contributed by atoms with Crippen molar-refractivity contribution in [3.8, 4) is 0 Å². The Morgan fingerprint density at radius 3 is 2.73 bits per heavy atom. The average molecular weight is 441 g/mol. The van der Waals surface area contributed by atoms with Crippen LogP contribution < -0.4 is 10.2 Å². The smallest absolute Gasteiger partial charge is 0.331 e. The number of hydrogen-bond acceptors (Lipinski definition) is 6. The molecular weight excluding hydrogens is 418 g/mol. The number of carbonyl (C=O) groups excluding carboxylic acids is 1. The third-order valence-electron chi connectivity index (χ3n) is 5.40. The number of carbonyl (C=O) groups is 1. The minimum Gasteiger partial charge on any atom is -0.467 e. The van der Waals surface area contributed by atoms with E-state index in [-0.39, 0.29) is 12.6 Å². The molecule has 8 heteroatoms. The maximum absolute atomic E-state index is 13.6. The second-order valence-electron chi connectivity index (χ2n) is 7.73. The molecule has 1 aliphatic rings. The van der Waals surface area contributed by atoms with E-state index in [2.05, 4.69) is 10.3 Å². The number of aliphatic hydroxyl groups is 1. The van der Waals surface area contributed by atoms with E-state index in [9.17, 15) is 9.90 Å². The van der Waals surface area contributed by atoms with Gasteiger partial charge >= 0.3 is 6.03 Å². The molecule has 166 valence electrons. The van der Waals surface area contributed by atoms with Crippen LogP contribution in [-0.2, 0) is 19.5 Å². The Bertz CT molecular complexity index is 1240. The molecule has 5 rings (SSSR count). The van der Waals surface area contributed by atoms with E-state index in [1.807, 2.05) is 60.7 Å². The summed E-state index contributed by atoms with van der Waals surface area (Å²) in [5, 5.41) is 12.6. The number of fused-ring (bicyclic) bond motifs is 1. The van der Waals surface area contributed by atoms with E-state index in [0.717, 1.165) is 16.8 Å². The Kier molecular flexibility index (Phi) is 5.73. The Hall–Kier alpha value is -4.17. The Labute approximate surface area is 191 Å². The molecule has 3 heterocycles. The van der Waals surface area contributed by atoms with E-state index in [4.69, 9.17) is 9.40 Å². The van der Waals surface area contributed by atoms with Crippen LogP contribution in [0.1, 0.15) is 16.9 Å². The lowest BCUT2D eigenvalue weighted by Gasteiger charge is -2.35. The lowest BCUT2D eigenvalue weighted by molar-refractivity contribution is 0.193. The topological polar surface area (TPSA) is 94.7 Å². The van der Waals surface area contributed by atoms with Crippen LogP contribution in [0, 0.1) is 0 Å². The molecule has 0 atom stereocenters. The highest BCUT2D eigenvalue weighted by Gasteiger charge is 2.34. The highest BCUT2D eigenvalue weighted by Crippen LogP contribution is 2.35. The van der Waals surface area contributed by atoms with E-state index in [1.54, 1.807) is 28.3 Å². The minimum absolute atomic E-state index is 0.0336. The van der Waals surface area contributed by atoms with Crippen molar-refractivity contribution in [2.75, 3.05) is 16.8 Å². The second kappa shape index (κ2) is 9.13. The number of furan rings is 1. The fourth-order valence-electron chi connectivity index (χ4n) is 3.85. The number of urea groups is 1. The van der Waals surface area contributed by atoms with Gasteiger partial charge in [-0.1, -0.05) is 30.3 Å². The van der Waals surface area contributed by atoms with Gasteiger partial charge in [-0.25, -0.2) is 14.7 Å². The number of rotatable bonds is 7. The molecule has 4 aromatic rings. The van der Waals surface area contributed by atoms with Crippen LogP contribution >= 0.6 is 0 Å². The molecule has 0 spiro atoms. The van der Waals surface area contributed by atoms with Gasteiger partial charge in [-0.15, -0.1) is 0 Å². The third-order valence-corrected chi connectivity index (χ3v) is 5.40. The highest BCUT2D eigenvalue weighted by molar-refractivity contribution is 6.00. The summed E-state index contributed by atoms with van der Waals surface area (Å²) < 4.78 is 5.47. The molecule has 0 saturated carbocycles. The van der Waals surface area contributed by atoms with Gasteiger partial charge in [0.1, 0.15) is 5.76 Å². The first-order valence-electron chi connectivity index (χ1n) is 10.7. The van der Waals surface area contributed by atoms with E-state index in [0.29, 0.717) is 42.7 Å². The van der Waals surface area contributed by atoms with Crippen LogP contribution in [0.5, 0.6) is 0 Å². The van der Waals surface area contributed by atoms with Crippen molar-refractivity contribution in [3.05, 3.63) is 96.1 Å². The van der Waals surface area contributed by atoms with Gasteiger partial charge in [0.2, 0.25) is 5.95 Å². The Morgan fingerprint density at radius 2 is 1.94 bits per heavy atom. The van der Waals surface area contributed by atoms with Crippen LogP contribution in [0.25, 0.3) is 0 Å². The van der Waals surface area contributed by atoms with Crippen molar-refractivity contribution >= 4 is 29.2 Å². The maximum Gasteiger partial charge on any atom is 0.331 e. The number of anilines is 4. The number of hydrogen-bond donors (Lipinski definition) is 2. The van der Waals surface area contributed by atoms with Crippen molar-refractivity contribution in [2.24, 2.45) is 0 Å². The Morgan fingerprint density at radius 1 is 1.06 bits per heavy atom. The van der Waals surface area contributed by atoms with Gasteiger partial charge in [-0.3, -0.25) is 0 Å². The molecule has 2 N–H and O–H groups in total. The van der Waals surface area contributed by atoms with Gasteiger partial charge in [0, 0.05) is 24.1 Å². The number of benzene rings is 2. The zero-order valence-corrected chi connectivity index (χ0v) is 17.9. The molecule has 8 nitrogen and oxygen atoms in total. The molecule has 33 heavy (non-hydrogen) atoms. The van der Waals surface area contributed by atoms with Crippen molar-refractivity contribution in [3.63, 3.8) is 0 Å². The summed E-state index contributed by atoms with van der Waals surface area (Å²) in [7, 11) is 0. The lowest BCUT2D eigenvalue weighted by atomic mass is 10.1. The number of nitrogens with zero attached hydrogens (tertiary/aromatic N) is 4. The van der Waals surface area contributed by atoms with E-state index < -0.39 is 0 Å². The number of para-hydroxylation sites is 1. The Balaban J connectivity index is 1.54. The largest absolute Gasteiger partial charge is 0.467 e. The predicted molar refractivity (Wildman–Crippen MR) is 124 cm³/mol. The zero-order valence-electron chi connectivity index (χ0n) is 17.9. The van der Waals surface area contributed by atoms with Crippen molar-refractivity contribution in [2.45, 2.75) is 19.5 Å². The molecule has 1 aliphatic heterocycles.